The lowest BCUT2D eigenvalue weighted by molar-refractivity contribution is 0.281. The average Bonchev–Trinajstić information content (AvgIpc) is 2.39. The second-order valence-corrected chi connectivity index (χ2v) is 4.50. The summed E-state index contributed by atoms with van der Waals surface area (Å²) in [6, 6.07) is 1.90. The lowest BCUT2D eigenvalue weighted by Crippen LogP contribution is -2.34. The van der Waals surface area contributed by atoms with Gasteiger partial charge in [-0.2, -0.15) is 0 Å². The van der Waals surface area contributed by atoms with Gasteiger partial charge in [-0.3, -0.25) is 4.98 Å². The van der Waals surface area contributed by atoms with Crippen molar-refractivity contribution in [3.05, 3.63) is 24.0 Å². The maximum absolute atomic E-state index is 9.29. The first-order valence-corrected chi connectivity index (χ1v) is 6.13. The number of rotatable bonds is 3. The molecule has 1 aliphatic heterocycles. The van der Waals surface area contributed by atoms with Crippen LogP contribution in [0.1, 0.15) is 31.7 Å². The van der Waals surface area contributed by atoms with Gasteiger partial charge < -0.3 is 10.0 Å². The summed E-state index contributed by atoms with van der Waals surface area (Å²) >= 11 is 0. The minimum absolute atomic E-state index is 0.103. The summed E-state index contributed by atoms with van der Waals surface area (Å²) in [6.45, 7) is 4.56. The Labute approximate surface area is 97.1 Å². The van der Waals surface area contributed by atoms with Gasteiger partial charge in [0.05, 0.1) is 18.5 Å². The fourth-order valence-corrected chi connectivity index (χ4v) is 2.42. The summed E-state index contributed by atoms with van der Waals surface area (Å²) in [7, 11) is 0. The molecule has 0 bridgehead atoms. The molecule has 0 aromatic carbocycles. The van der Waals surface area contributed by atoms with Crippen molar-refractivity contribution in [3.63, 3.8) is 0 Å². The lowest BCUT2D eigenvalue weighted by atomic mass is 9.94. The van der Waals surface area contributed by atoms with Gasteiger partial charge in [-0.15, -0.1) is 0 Å². The first-order chi connectivity index (χ1) is 7.85. The Kier molecular flexibility index (Phi) is 3.78. The first kappa shape index (κ1) is 11.4. The number of anilines is 1. The van der Waals surface area contributed by atoms with E-state index in [0.29, 0.717) is 0 Å². The van der Waals surface area contributed by atoms with Gasteiger partial charge in [0.1, 0.15) is 0 Å². The van der Waals surface area contributed by atoms with Crippen LogP contribution in [0.25, 0.3) is 0 Å². The molecule has 0 spiro atoms. The first-order valence-electron chi connectivity index (χ1n) is 6.13. The molecule has 0 aliphatic carbocycles. The molecule has 1 fully saturated rings. The molecule has 0 atom stereocenters. The Morgan fingerprint density at radius 3 is 2.81 bits per heavy atom. The van der Waals surface area contributed by atoms with Crippen molar-refractivity contribution >= 4 is 5.69 Å². The normalized spacial score (nSPS) is 17.8. The number of hydrogen-bond acceptors (Lipinski definition) is 3. The topological polar surface area (TPSA) is 36.4 Å². The van der Waals surface area contributed by atoms with Crippen LogP contribution < -0.4 is 4.90 Å². The number of piperidine rings is 1. The van der Waals surface area contributed by atoms with Crippen molar-refractivity contribution in [2.75, 3.05) is 18.0 Å². The third kappa shape index (κ3) is 2.35. The molecule has 2 rings (SSSR count). The molecule has 3 heteroatoms. The van der Waals surface area contributed by atoms with E-state index in [2.05, 4.69) is 16.8 Å². The van der Waals surface area contributed by atoms with Gasteiger partial charge in [-0.05, 0) is 24.8 Å². The van der Waals surface area contributed by atoms with Gasteiger partial charge in [0.2, 0.25) is 0 Å². The minimum Gasteiger partial charge on any atom is -0.392 e. The molecule has 16 heavy (non-hydrogen) atoms. The van der Waals surface area contributed by atoms with E-state index in [1.54, 1.807) is 6.20 Å². The van der Waals surface area contributed by atoms with Crippen molar-refractivity contribution in [2.45, 2.75) is 32.8 Å². The zero-order valence-corrected chi connectivity index (χ0v) is 9.89. The Hall–Kier alpha value is -1.09. The summed E-state index contributed by atoms with van der Waals surface area (Å²) in [5, 5.41) is 9.29. The maximum Gasteiger partial charge on any atom is 0.0703 e. The largest absolute Gasteiger partial charge is 0.392 e. The predicted molar refractivity (Wildman–Crippen MR) is 65.4 cm³/mol. The fourth-order valence-electron chi connectivity index (χ4n) is 2.42. The van der Waals surface area contributed by atoms with E-state index < -0.39 is 0 Å². The van der Waals surface area contributed by atoms with Gasteiger partial charge in [0, 0.05) is 24.8 Å². The number of pyridine rings is 1. The summed E-state index contributed by atoms with van der Waals surface area (Å²) < 4.78 is 0. The predicted octanol–water partition coefficient (Wildman–Crippen LogP) is 2.20. The van der Waals surface area contributed by atoms with E-state index in [0.717, 1.165) is 30.3 Å². The molecule has 1 aliphatic rings. The molecule has 1 aromatic heterocycles. The second kappa shape index (κ2) is 5.30. The van der Waals surface area contributed by atoms with Crippen LogP contribution in [-0.4, -0.2) is 23.2 Å². The third-order valence-corrected chi connectivity index (χ3v) is 3.59. The highest BCUT2D eigenvalue weighted by molar-refractivity contribution is 5.51. The third-order valence-electron chi connectivity index (χ3n) is 3.59. The summed E-state index contributed by atoms with van der Waals surface area (Å²) in [5.74, 6) is 0.880. The van der Waals surface area contributed by atoms with Crippen LogP contribution in [-0.2, 0) is 6.61 Å². The standard InChI is InChI=1S/C13H20N2O/c1-2-11-4-7-15(8-5-11)13-9-14-6-3-12(13)10-16/h3,6,9,11,16H,2,4-5,7-8,10H2,1H3. The number of aliphatic hydroxyl groups excluding tert-OH is 1. The smallest absolute Gasteiger partial charge is 0.0703 e. The summed E-state index contributed by atoms with van der Waals surface area (Å²) in [4.78, 5) is 6.51. The number of aromatic nitrogens is 1. The van der Waals surface area contributed by atoms with Crippen molar-refractivity contribution in [3.8, 4) is 0 Å². The number of aliphatic hydroxyl groups is 1. The van der Waals surface area contributed by atoms with E-state index in [-0.39, 0.29) is 6.61 Å². The van der Waals surface area contributed by atoms with Crippen LogP contribution in [0.3, 0.4) is 0 Å². The van der Waals surface area contributed by atoms with Gasteiger partial charge in [0.15, 0.2) is 0 Å². The van der Waals surface area contributed by atoms with Crippen LogP contribution in [0.5, 0.6) is 0 Å². The molecule has 1 aromatic rings. The molecule has 88 valence electrons. The molecule has 1 N–H and O–H groups in total. The molecule has 0 amide bonds. The SMILES string of the molecule is CCC1CCN(c2cnccc2CO)CC1. The molecule has 3 nitrogen and oxygen atoms in total. The van der Waals surface area contributed by atoms with Crippen LogP contribution in [0.4, 0.5) is 5.69 Å². The van der Waals surface area contributed by atoms with E-state index >= 15 is 0 Å². The molecular weight excluding hydrogens is 200 g/mol. The quantitative estimate of drug-likeness (QED) is 0.848. The number of hydrogen-bond donors (Lipinski definition) is 1. The highest BCUT2D eigenvalue weighted by Crippen LogP contribution is 2.26. The summed E-state index contributed by atoms with van der Waals surface area (Å²) in [5.41, 5.74) is 2.10. The zero-order valence-electron chi connectivity index (χ0n) is 9.89. The summed E-state index contributed by atoms with van der Waals surface area (Å²) in [6.07, 6.45) is 7.42. The Bertz CT molecular complexity index is 332. The van der Waals surface area contributed by atoms with E-state index in [1.807, 2.05) is 12.3 Å². The second-order valence-electron chi connectivity index (χ2n) is 4.50. The highest BCUT2D eigenvalue weighted by atomic mass is 16.3. The lowest BCUT2D eigenvalue weighted by Gasteiger charge is -2.34. The molecule has 0 unspecified atom stereocenters. The van der Waals surface area contributed by atoms with E-state index in [9.17, 15) is 5.11 Å². The van der Waals surface area contributed by atoms with Gasteiger partial charge in [0.25, 0.3) is 0 Å². The van der Waals surface area contributed by atoms with Crippen molar-refractivity contribution < 1.29 is 5.11 Å². The number of nitrogens with zero attached hydrogens (tertiary/aromatic N) is 2. The van der Waals surface area contributed by atoms with Crippen LogP contribution in [0.15, 0.2) is 18.5 Å². The van der Waals surface area contributed by atoms with Crippen LogP contribution in [0, 0.1) is 5.92 Å². The average molecular weight is 220 g/mol. The molecule has 0 saturated carbocycles. The van der Waals surface area contributed by atoms with E-state index in [4.69, 9.17) is 0 Å². The Balaban J connectivity index is 2.07. The van der Waals surface area contributed by atoms with Crippen molar-refractivity contribution in [2.24, 2.45) is 5.92 Å². The fraction of sp³-hybridized carbons (Fsp3) is 0.615. The van der Waals surface area contributed by atoms with Crippen molar-refractivity contribution in [1.29, 1.82) is 0 Å². The van der Waals surface area contributed by atoms with Gasteiger partial charge in [-0.25, -0.2) is 0 Å². The molecular formula is C13H20N2O. The zero-order chi connectivity index (χ0) is 11.4. The maximum atomic E-state index is 9.29. The molecule has 2 heterocycles. The van der Waals surface area contributed by atoms with Crippen LogP contribution in [0.2, 0.25) is 0 Å². The molecule has 1 saturated heterocycles. The van der Waals surface area contributed by atoms with Gasteiger partial charge >= 0.3 is 0 Å². The molecule has 0 radical (unpaired) electrons. The van der Waals surface area contributed by atoms with E-state index in [1.165, 1.54) is 19.3 Å². The minimum atomic E-state index is 0.103. The van der Waals surface area contributed by atoms with Gasteiger partial charge in [-0.1, -0.05) is 13.3 Å². The van der Waals surface area contributed by atoms with Crippen LogP contribution >= 0.6 is 0 Å². The monoisotopic (exact) mass is 220 g/mol. The highest BCUT2D eigenvalue weighted by Gasteiger charge is 2.19. The van der Waals surface area contributed by atoms with Crippen molar-refractivity contribution in [1.82, 2.24) is 4.98 Å². The Morgan fingerprint density at radius 1 is 1.44 bits per heavy atom. The Morgan fingerprint density at radius 2 is 2.19 bits per heavy atom.